The Balaban J connectivity index is 1.83. The number of hydrogen-bond donors (Lipinski definition) is 2. The van der Waals surface area contributed by atoms with E-state index in [-0.39, 0.29) is 5.82 Å². The Morgan fingerprint density at radius 1 is 1.39 bits per heavy atom. The van der Waals surface area contributed by atoms with Gasteiger partial charge in [0.1, 0.15) is 5.82 Å². The summed E-state index contributed by atoms with van der Waals surface area (Å²) in [6.07, 6.45) is 2.41. The van der Waals surface area contributed by atoms with Gasteiger partial charge in [-0.15, -0.1) is 0 Å². The summed E-state index contributed by atoms with van der Waals surface area (Å²) in [6, 6.07) is 4.47. The molecule has 0 aromatic heterocycles. The van der Waals surface area contributed by atoms with E-state index < -0.39 is 0 Å². The predicted molar refractivity (Wildman–Crippen MR) is 74.1 cm³/mol. The first-order valence-electron chi connectivity index (χ1n) is 6.70. The van der Waals surface area contributed by atoms with Crippen LogP contribution < -0.4 is 11.1 Å². The molecule has 0 amide bonds. The Hall–Kier alpha value is -1.29. The van der Waals surface area contributed by atoms with Crippen LogP contribution in [0.5, 0.6) is 0 Å². The van der Waals surface area contributed by atoms with Crippen LogP contribution in [0.4, 0.5) is 15.8 Å². The number of anilines is 2. The maximum Gasteiger partial charge on any atom is 0.125 e. The van der Waals surface area contributed by atoms with Crippen molar-refractivity contribution in [1.29, 1.82) is 0 Å². The van der Waals surface area contributed by atoms with Gasteiger partial charge in [-0.3, -0.25) is 0 Å². The second-order valence-electron chi connectivity index (χ2n) is 4.99. The van der Waals surface area contributed by atoms with Crippen molar-refractivity contribution < 1.29 is 4.39 Å². The van der Waals surface area contributed by atoms with Crippen molar-refractivity contribution in [1.82, 2.24) is 4.90 Å². The van der Waals surface area contributed by atoms with Crippen LogP contribution in [0.1, 0.15) is 19.8 Å². The minimum absolute atomic E-state index is 0.243. The first-order chi connectivity index (χ1) is 8.69. The van der Waals surface area contributed by atoms with Crippen molar-refractivity contribution in [2.45, 2.75) is 19.8 Å². The molecule has 0 aliphatic carbocycles. The molecule has 100 valence electrons. The van der Waals surface area contributed by atoms with Gasteiger partial charge >= 0.3 is 0 Å². The van der Waals surface area contributed by atoms with Gasteiger partial charge in [0.2, 0.25) is 0 Å². The van der Waals surface area contributed by atoms with Gasteiger partial charge in [-0.2, -0.15) is 0 Å². The summed E-state index contributed by atoms with van der Waals surface area (Å²) in [5.41, 5.74) is 7.14. The molecule has 4 heteroatoms. The smallest absolute Gasteiger partial charge is 0.125 e. The lowest BCUT2D eigenvalue weighted by Crippen LogP contribution is -2.35. The summed E-state index contributed by atoms with van der Waals surface area (Å²) >= 11 is 0. The summed E-state index contributed by atoms with van der Waals surface area (Å²) in [4.78, 5) is 2.47. The van der Waals surface area contributed by atoms with Gasteiger partial charge in [0.25, 0.3) is 0 Å². The van der Waals surface area contributed by atoms with E-state index in [4.69, 9.17) is 5.73 Å². The first-order valence-corrected chi connectivity index (χ1v) is 6.70. The lowest BCUT2D eigenvalue weighted by molar-refractivity contribution is 0.198. The largest absolute Gasteiger partial charge is 0.397 e. The molecule has 0 spiro atoms. The molecule has 2 rings (SSSR count). The zero-order valence-corrected chi connectivity index (χ0v) is 11.0. The molecule has 0 radical (unpaired) electrons. The highest BCUT2D eigenvalue weighted by molar-refractivity contribution is 5.65. The summed E-state index contributed by atoms with van der Waals surface area (Å²) in [6.45, 7) is 6.55. The number of piperidine rings is 1. The fourth-order valence-electron chi connectivity index (χ4n) is 2.44. The Morgan fingerprint density at radius 2 is 2.11 bits per heavy atom. The van der Waals surface area contributed by atoms with Crippen LogP contribution >= 0.6 is 0 Å². The lowest BCUT2D eigenvalue weighted by Gasteiger charge is -2.31. The average molecular weight is 251 g/mol. The zero-order valence-electron chi connectivity index (χ0n) is 11.0. The minimum Gasteiger partial charge on any atom is -0.397 e. The number of nitrogen functional groups attached to an aromatic ring is 1. The predicted octanol–water partition coefficient (Wildman–Crippen LogP) is 2.55. The molecule has 1 heterocycles. The van der Waals surface area contributed by atoms with E-state index in [2.05, 4.69) is 17.1 Å². The fraction of sp³-hybridized carbons (Fsp3) is 0.571. The number of halogens is 1. The number of hydrogen-bond acceptors (Lipinski definition) is 3. The van der Waals surface area contributed by atoms with Gasteiger partial charge < -0.3 is 16.0 Å². The summed E-state index contributed by atoms with van der Waals surface area (Å²) in [5, 5.41) is 3.27. The molecule has 0 atom stereocenters. The van der Waals surface area contributed by atoms with Crippen LogP contribution in [0.3, 0.4) is 0 Å². The van der Waals surface area contributed by atoms with Gasteiger partial charge in [0, 0.05) is 6.54 Å². The highest BCUT2D eigenvalue weighted by atomic mass is 19.1. The lowest BCUT2D eigenvalue weighted by atomic mass is 9.97. The van der Waals surface area contributed by atoms with Gasteiger partial charge in [0.05, 0.1) is 11.4 Å². The number of nitrogens with one attached hydrogen (secondary N) is 1. The van der Waals surface area contributed by atoms with E-state index in [1.54, 1.807) is 6.07 Å². The van der Waals surface area contributed by atoms with Crippen molar-refractivity contribution in [3.8, 4) is 0 Å². The van der Waals surface area contributed by atoms with Crippen molar-refractivity contribution in [2.75, 3.05) is 37.2 Å². The summed E-state index contributed by atoms with van der Waals surface area (Å²) in [7, 11) is 0. The molecular weight excluding hydrogens is 229 g/mol. The molecule has 1 fully saturated rings. The molecule has 0 bridgehead atoms. The summed E-state index contributed by atoms with van der Waals surface area (Å²) < 4.78 is 13.1. The molecule has 3 nitrogen and oxygen atoms in total. The normalized spacial score (nSPS) is 17.9. The number of rotatable bonds is 4. The SMILES string of the molecule is CCN1CCC(CNc2cc(F)ccc2N)CC1. The van der Waals surface area contributed by atoms with Crippen LogP contribution in [0.15, 0.2) is 18.2 Å². The number of nitrogens with zero attached hydrogens (tertiary/aromatic N) is 1. The molecule has 3 N–H and O–H groups in total. The first kappa shape index (κ1) is 13.1. The molecule has 18 heavy (non-hydrogen) atoms. The van der Waals surface area contributed by atoms with E-state index in [0.717, 1.165) is 13.1 Å². The van der Waals surface area contributed by atoms with Crippen molar-refractivity contribution in [2.24, 2.45) is 5.92 Å². The highest BCUT2D eigenvalue weighted by Crippen LogP contribution is 2.22. The molecule has 1 aliphatic rings. The number of likely N-dealkylation sites (tertiary alicyclic amines) is 1. The van der Waals surface area contributed by atoms with E-state index in [1.165, 1.54) is 38.1 Å². The van der Waals surface area contributed by atoms with Crippen LogP contribution in [0.25, 0.3) is 0 Å². The van der Waals surface area contributed by atoms with Crippen LogP contribution in [0, 0.1) is 11.7 Å². The van der Waals surface area contributed by atoms with Crippen molar-refractivity contribution in [3.63, 3.8) is 0 Å². The van der Waals surface area contributed by atoms with Gasteiger partial charge in [-0.1, -0.05) is 6.92 Å². The fourth-order valence-corrected chi connectivity index (χ4v) is 2.44. The zero-order chi connectivity index (χ0) is 13.0. The second-order valence-corrected chi connectivity index (χ2v) is 4.99. The van der Waals surface area contributed by atoms with E-state index in [1.807, 2.05) is 0 Å². The maximum absolute atomic E-state index is 13.1. The standard InChI is InChI=1S/C14H22FN3/c1-2-18-7-5-11(6-8-18)10-17-14-9-12(15)3-4-13(14)16/h3-4,9,11,17H,2,5-8,10,16H2,1H3. The molecule has 0 saturated carbocycles. The Labute approximate surface area is 108 Å². The van der Waals surface area contributed by atoms with Gasteiger partial charge in [-0.05, 0) is 56.6 Å². The van der Waals surface area contributed by atoms with Crippen LogP contribution in [0.2, 0.25) is 0 Å². The van der Waals surface area contributed by atoms with Crippen LogP contribution in [-0.4, -0.2) is 31.1 Å². The third-order valence-corrected chi connectivity index (χ3v) is 3.75. The van der Waals surface area contributed by atoms with Gasteiger partial charge in [0.15, 0.2) is 0 Å². The Kier molecular flexibility index (Phi) is 4.42. The third kappa shape index (κ3) is 3.35. The average Bonchev–Trinajstić information content (AvgIpc) is 2.40. The Morgan fingerprint density at radius 3 is 2.78 bits per heavy atom. The van der Waals surface area contributed by atoms with E-state index in [9.17, 15) is 4.39 Å². The van der Waals surface area contributed by atoms with E-state index >= 15 is 0 Å². The topological polar surface area (TPSA) is 41.3 Å². The van der Waals surface area contributed by atoms with Gasteiger partial charge in [-0.25, -0.2) is 4.39 Å². The minimum atomic E-state index is -0.243. The van der Waals surface area contributed by atoms with Crippen molar-refractivity contribution in [3.05, 3.63) is 24.0 Å². The number of benzene rings is 1. The molecule has 1 saturated heterocycles. The molecule has 1 aliphatic heterocycles. The quantitative estimate of drug-likeness (QED) is 0.808. The molecule has 1 aromatic carbocycles. The maximum atomic E-state index is 13.1. The highest BCUT2D eigenvalue weighted by Gasteiger charge is 2.17. The Bertz CT molecular complexity index is 387. The number of nitrogens with two attached hydrogens (primary N) is 1. The summed E-state index contributed by atoms with van der Waals surface area (Å²) in [5.74, 6) is 0.419. The second kappa shape index (κ2) is 6.05. The molecular formula is C14H22FN3. The van der Waals surface area contributed by atoms with Crippen molar-refractivity contribution >= 4 is 11.4 Å². The monoisotopic (exact) mass is 251 g/mol. The molecule has 0 unspecified atom stereocenters. The van der Waals surface area contributed by atoms with E-state index in [0.29, 0.717) is 17.3 Å². The molecule has 1 aromatic rings. The third-order valence-electron chi connectivity index (χ3n) is 3.75. The van der Waals surface area contributed by atoms with Crippen LogP contribution in [-0.2, 0) is 0 Å².